The lowest BCUT2D eigenvalue weighted by Crippen LogP contribution is -1.97. The Morgan fingerprint density at radius 1 is 1.57 bits per heavy atom. The maximum absolute atomic E-state index is 11.1. The smallest absolute Gasteiger partial charge is 0.343 e. The van der Waals surface area contributed by atoms with E-state index in [4.69, 9.17) is 11.9 Å². The fraction of sp³-hybridized carbons (Fsp3) is 0.111. The van der Waals surface area contributed by atoms with Crippen molar-refractivity contribution in [1.82, 2.24) is 10.2 Å². The third-order valence-corrected chi connectivity index (χ3v) is 2.19. The number of aromatic nitrogens is 2. The molecule has 72 valence electrons. The Hall–Kier alpha value is -1.55. The molecule has 0 spiro atoms. The molecule has 2 aromatic rings. The van der Waals surface area contributed by atoms with Gasteiger partial charge < -0.3 is 4.29 Å². The summed E-state index contributed by atoms with van der Waals surface area (Å²) in [7, 11) is 0. The summed E-state index contributed by atoms with van der Waals surface area (Å²) in [6.45, 7) is 1.88. The molecule has 1 heterocycles. The number of benzene rings is 1. The summed E-state index contributed by atoms with van der Waals surface area (Å²) in [5, 5.41) is 7.75. The van der Waals surface area contributed by atoms with Crippen LogP contribution in [0.2, 0.25) is 0 Å². The zero-order valence-corrected chi connectivity index (χ0v) is 8.13. The minimum Gasteiger partial charge on any atom is -0.343 e. The standard InChI is InChI=1S/C9H7ClN2O2/c1-5-7-4-6(9(13)14-10)2-3-8(7)12-11-5/h2-4H,1H3,(H,11,12). The number of H-pyrrole nitrogens is 1. The molecule has 0 aliphatic carbocycles. The zero-order chi connectivity index (χ0) is 10.1. The quantitative estimate of drug-likeness (QED) is 0.785. The van der Waals surface area contributed by atoms with Crippen molar-refractivity contribution in [2.45, 2.75) is 6.92 Å². The van der Waals surface area contributed by atoms with Crippen LogP contribution in [0.3, 0.4) is 0 Å². The third-order valence-electron chi connectivity index (χ3n) is 2.05. The molecule has 0 aliphatic rings. The van der Waals surface area contributed by atoms with Crippen LogP contribution in [-0.4, -0.2) is 16.2 Å². The van der Waals surface area contributed by atoms with E-state index in [0.29, 0.717) is 5.56 Å². The number of nitrogens with zero attached hydrogens (tertiary/aromatic N) is 1. The lowest BCUT2D eigenvalue weighted by molar-refractivity contribution is 0.0751. The van der Waals surface area contributed by atoms with E-state index < -0.39 is 5.97 Å². The highest BCUT2D eigenvalue weighted by atomic mass is 35.5. The molecule has 0 saturated heterocycles. The molecular weight excluding hydrogens is 204 g/mol. The summed E-state index contributed by atoms with van der Waals surface area (Å²) in [4.78, 5) is 11.1. The predicted octanol–water partition coefficient (Wildman–Crippen LogP) is 2.18. The van der Waals surface area contributed by atoms with E-state index in [2.05, 4.69) is 14.5 Å². The SMILES string of the molecule is Cc1[nH]nc2ccc(C(=O)OCl)cc12. The largest absolute Gasteiger partial charge is 0.356 e. The maximum Gasteiger partial charge on any atom is 0.356 e. The fourth-order valence-electron chi connectivity index (χ4n) is 1.31. The van der Waals surface area contributed by atoms with Gasteiger partial charge in [-0.05, 0) is 25.1 Å². The number of carbonyl (C=O) groups is 1. The van der Waals surface area contributed by atoms with Crippen molar-refractivity contribution >= 4 is 28.7 Å². The molecule has 0 aliphatic heterocycles. The molecule has 0 bridgehead atoms. The lowest BCUT2D eigenvalue weighted by atomic mass is 10.1. The van der Waals surface area contributed by atoms with E-state index in [1.165, 1.54) is 0 Å². The van der Waals surface area contributed by atoms with E-state index in [0.717, 1.165) is 16.6 Å². The molecule has 1 N–H and O–H groups in total. The summed E-state index contributed by atoms with van der Waals surface area (Å²) >= 11 is 4.98. The topological polar surface area (TPSA) is 55.0 Å². The first-order valence-corrected chi connectivity index (χ1v) is 4.31. The minimum atomic E-state index is -0.561. The second-order valence-electron chi connectivity index (χ2n) is 2.95. The molecule has 4 nitrogen and oxygen atoms in total. The zero-order valence-electron chi connectivity index (χ0n) is 7.37. The van der Waals surface area contributed by atoms with Gasteiger partial charge in [0.15, 0.2) is 0 Å². The Bertz CT molecular complexity index is 493. The number of hydrogen-bond donors (Lipinski definition) is 1. The van der Waals surface area contributed by atoms with Gasteiger partial charge in [0.25, 0.3) is 0 Å². The summed E-state index contributed by atoms with van der Waals surface area (Å²) in [5.41, 5.74) is 2.13. The van der Waals surface area contributed by atoms with E-state index in [-0.39, 0.29) is 0 Å². The van der Waals surface area contributed by atoms with Gasteiger partial charge in [0.2, 0.25) is 0 Å². The molecule has 0 atom stereocenters. The van der Waals surface area contributed by atoms with Crippen molar-refractivity contribution in [2.75, 3.05) is 0 Å². The second kappa shape index (κ2) is 3.31. The molecule has 1 aromatic carbocycles. The molecule has 0 fully saturated rings. The van der Waals surface area contributed by atoms with Crippen LogP contribution in [-0.2, 0) is 4.29 Å². The number of nitrogens with one attached hydrogen (secondary N) is 1. The highest BCUT2D eigenvalue weighted by Crippen LogP contribution is 2.17. The Labute approximate surface area is 85.0 Å². The number of halogens is 1. The van der Waals surface area contributed by atoms with Gasteiger partial charge in [-0.1, -0.05) is 0 Å². The van der Waals surface area contributed by atoms with Crippen molar-refractivity contribution in [1.29, 1.82) is 0 Å². The summed E-state index contributed by atoms with van der Waals surface area (Å²) in [6, 6.07) is 5.05. The Morgan fingerprint density at radius 3 is 3.07 bits per heavy atom. The highest BCUT2D eigenvalue weighted by Gasteiger charge is 2.09. The monoisotopic (exact) mass is 210 g/mol. The first kappa shape index (κ1) is 9.02. The molecule has 0 radical (unpaired) electrons. The molecule has 0 saturated carbocycles. The molecule has 1 aromatic heterocycles. The van der Waals surface area contributed by atoms with Crippen LogP contribution < -0.4 is 0 Å². The summed E-state index contributed by atoms with van der Waals surface area (Å²) < 4.78 is 4.10. The number of aromatic amines is 1. The van der Waals surface area contributed by atoms with Crippen LogP contribution in [0.1, 0.15) is 16.1 Å². The van der Waals surface area contributed by atoms with Gasteiger partial charge in [0.05, 0.1) is 11.1 Å². The van der Waals surface area contributed by atoms with Crippen LogP contribution in [0.4, 0.5) is 0 Å². The number of hydrogen-bond acceptors (Lipinski definition) is 3. The summed E-state index contributed by atoms with van der Waals surface area (Å²) in [6.07, 6.45) is 0. The van der Waals surface area contributed by atoms with E-state index >= 15 is 0 Å². The Balaban J connectivity index is 2.60. The van der Waals surface area contributed by atoms with Crippen molar-refractivity contribution < 1.29 is 9.08 Å². The molecule has 14 heavy (non-hydrogen) atoms. The first-order chi connectivity index (χ1) is 6.72. The van der Waals surface area contributed by atoms with Crippen LogP contribution in [0.15, 0.2) is 18.2 Å². The molecule has 0 unspecified atom stereocenters. The van der Waals surface area contributed by atoms with Gasteiger partial charge in [-0.15, -0.1) is 0 Å². The highest BCUT2D eigenvalue weighted by molar-refractivity contribution is 6.16. The van der Waals surface area contributed by atoms with Crippen molar-refractivity contribution in [3.63, 3.8) is 0 Å². The van der Waals surface area contributed by atoms with Crippen molar-refractivity contribution in [2.24, 2.45) is 0 Å². The molecule has 2 rings (SSSR count). The second-order valence-corrected chi connectivity index (χ2v) is 3.10. The number of rotatable bonds is 1. The fourth-order valence-corrected chi connectivity index (χ4v) is 1.40. The first-order valence-electron chi connectivity index (χ1n) is 4.00. The van der Waals surface area contributed by atoms with Crippen molar-refractivity contribution in [3.05, 3.63) is 29.5 Å². The van der Waals surface area contributed by atoms with Gasteiger partial charge in [0.1, 0.15) is 11.9 Å². The maximum atomic E-state index is 11.1. The third kappa shape index (κ3) is 1.33. The average Bonchev–Trinajstić information content (AvgIpc) is 2.59. The normalized spacial score (nSPS) is 10.4. The number of aryl methyl sites for hydroxylation is 1. The van der Waals surface area contributed by atoms with E-state index in [1.807, 2.05) is 6.92 Å². The average molecular weight is 211 g/mol. The summed E-state index contributed by atoms with van der Waals surface area (Å²) in [5.74, 6) is -0.561. The number of carbonyl (C=O) groups excluding carboxylic acids is 1. The molecule has 5 heteroatoms. The minimum absolute atomic E-state index is 0.414. The van der Waals surface area contributed by atoms with Gasteiger partial charge in [-0.25, -0.2) is 4.79 Å². The Morgan fingerprint density at radius 2 is 2.36 bits per heavy atom. The van der Waals surface area contributed by atoms with Crippen LogP contribution >= 0.6 is 11.9 Å². The van der Waals surface area contributed by atoms with Gasteiger partial charge >= 0.3 is 5.97 Å². The van der Waals surface area contributed by atoms with Crippen LogP contribution in [0.5, 0.6) is 0 Å². The molecule has 0 amide bonds. The van der Waals surface area contributed by atoms with Gasteiger partial charge in [0, 0.05) is 11.1 Å². The molecular formula is C9H7ClN2O2. The van der Waals surface area contributed by atoms with Crippen molar-refractivity contribution in [3.8, 4) is 0 Å². The predicted molar refractivity (Wildman–Crippen MR) is 52.1 cm³/mol. The van der Waals surface area contributed by atoms with Gasteiger partial charge in [-0.2, -0.15) is 5.10 Å². The van der Waals surface area contributed by atoms with Crippen LogP contribution in [0, 0.1) is 6.92 Å². The van der Waals surface area contributed by atoms with Gasteiger partial charge in [-0.3, -0.25) is 5.10 Å². The number of fused-ring (bicyclic) bond motifs is 1. The lowest BCUT2D eigenvalue weighted by Gasteiger charge is -1.96. The van der Waals surface area contributed by atoms with Crippen LogP contribution in [0.25, 0.3) is 10.9 Å². The Kier molecular flexibility index (Phi) is 2.13. The van der Waals surface area contributed by atoms with E-state index in [9.17, 15) is 4.79 Å². The van der Waals surface area contributed by atoms with E-state index in [1.54, 1.807) is 18.2 Å².